The Bertz CT molecular complexity index is 537. The molecule has 0 spiro atoms. The minimum Gasteiger partial charge on any atom is -0.381 e. The molecule has 1 saturated heterocycles. The van der Waals surface area contributed by atoms with Crippen LogP contribution in [0.1, 0.15) is 24.0 Å². The largest absolute Gasteiger partial charge is 0.381 e. The number of ether oxygens (including phenoxy) is 1. The SMILES string of the molecule is Cc1ccc(C#CCN)cc1NC(=O)C1CCCOC1. The van der Waals surface area contributed by atoms with Gasteiger partial charge in [0.1, 0.15) is 0 Å². The Morgan fingerprint density at radius 3 is 3.10 bits per heavy atom. The molecule has 4 nitrogen and oxygen atoms in total. The number of amides is 1. The maximum absolute atomic E-state index is 12.2. The van der Waals surface area contributed by atoms with Crippen LogP contribution in [-0.2, 0) is 9.53 Å². The Morgan fingerprint density at radius 2 is 2.40 bits per heavy atom. The zero-order valence-corrected chi connectivity index (χ0v) is 11.7. The fourth-order valence-corrected chi connectivity index (χ4v) is 2.17. The van der Waals surface area contributed by atoms with Crippen molar-refractivity contribution in [3.63, 3.8) is 0 Å². The molecule has 1 aliphatic heterocycles. The van der Waals surface area contributed by atoms with Crippen LogP contribution in [0.4, 0.5) is 5.69 Å². The molecule has 0 saturated carbocycles. The molecule has 1 aromatic rings. The number of hydrogen-bond acceptors (Lipinski definition) is 3. The van der Waals surface area contributed by atoms with Crippen molar-refractivity contribution >= 4 is 11.6 Å². The summed E-state index contributed by atoms with van der Waals surface area (Å²) >= 11 is 0. The van der Waals surface area contributed by atoms with E-state index in [1.165, 1.54) is 0 Å². The predicted molar refractivity (Wildman–Crippen MR) is 79.3 cm³/mol. The second kappa shape index (κ2) is 7.09. The first-order chi connectivity index (χ1) is 9.70. The van der Waals surface area contributed by atoms with Crippen LogP contribution >= 0.6 is 0 Å². The molecule has 3 N–H and O–H groups in total. The van der Waals surface area contributed by atoms with E-state index < -0.39 is 0 Å². The minimum atomic E-state index is -0.0538. The highest BCUT2D eigenvalue weighted by molar-refractivity contribution is 5.93. The van der Waals surface area contributed by atoms with E-state index in [4.69, 9.17) is 10.5 Å². The van der Waals surface area contributed by atoms with Gasteiger partial charge in [-0.05, 0) is 37.5 Å². The zero-order valence-electron chi connectivity index (χ0n) is 11.7. The fourth-order valence-electron chi connectivity index (χ4n) is 2.17. The third-order valence-corrected chi connectivity index (χ3v) is 3.36. The van der Waals surface area contributed by atoms with Gasteiger partial charge in [-0.25, -0.2) is 0 Å². The second-order valence-electron chi connectivity index (χ2n) is 4.94. The van der Waals surface area contributed by atoms with Crippen molar-refractivity contribution in [1.29, 1.82) is 0 Å². The number of hydrogen-bond donors (Lipinski definition) is 2. The van der Waals surface area contributed by atoms with Gasteiger partial charge in [-0.1, -0.05) is 17.9 Å². The summed E-state index contributed by atoms with van der Waals surface area (Å²) in [6.45, 7) is 3.56. The molecule has 106 valence electrons. The molecule has 1 unspecified atom stereocenters. The van der Waals surface area contributed by atoms with E-state index in [2.05, 4.69) is 17.2 Å². The Hall–Kier alpha value is -1.83. The fraction of sp³-hybridized carbons (Fsp3) is 0.438. The van der Waals surface area contributed by atoms with E-state index >= 15 is 0 Å². The summed E-state index contributed by atoms with van der Waals surface area (Å²) in [6, 6.07) is 5.77. The summed E-state index contributed by atoms with van der Waals surface area (Å²) < 4.78 is 5.35. The van der Waals surface area contributed by atoms with Crippen molar-refractivity contribution in [3.8, 4) is 11.8 Å². The lowest BCUT2D eigenvalue weighted by atomic mass is 10.0. The van der Waals surface area contributed by atoms with Gasteiger partial charge in [0.05, 0.1) is 19.1 Å². The van der Waals surface area contributed by atoms with E-state index in [0.717, 1.165) is 36.3 Å². The van der Waals surface area contributed by atoms with Crippen LogP contribution in [0.15, 0.2) is 18.2 Å². The molecular formula is C16H20N2O2. The number of rotatable bonds is 2. The van der Waals surface area contributed by atoms with Crippen LogP contribution in [-0.4, -0.2) is 25.7 Å². The van der Waals surface area contributed by atoms with E-state index in [0.29, 0.717) is 13.2 Å². The van der Waals surface area contributed by atoms with Gasteiger partial charge in [-0.15, -0.1) is 0 Å². The van der Waals surface area contributed by atoms with Gasteiger partial charge in [0.15, 0.2) is 0 Å². The van der Waals surface area contributed by atoms with Crippen LogP contribution in [0.5, 0.6) is 0 Å². The quantitative estimate of drug-likeness (QED) is 0.805. The topological polar surface area (TPSA) is 64.3 Å². The summed E-state index contributed by atoms with van der Waals surface area (Å²) in [6.07, 6.45) is 1.83. The lowest BCUT2D eigenvalue weighted by Gasteiger charge is -2.21. The normalized spacial score (nSPS) is 18.0. The Labute approximate surface area is 119 Å². The number of benzene rings is 1. The maximum Gasteiger partial charge on any atom is 0.229 e. The molecule has 4 heteroatoms. The van der Waals surface area contributed by atoms with Crippen LogP contribution in [0.25, 0.3) is 0 Å². The number of carbonyl (C=O) groups excluding carboxylic acids is 1. The van der Waals surface area contributed by atoms with Crippen molar-refractivity contribution in [1.82, 2.24) is 0 Å². The van der Waals surface area contributed by atoms with Gasteiger partial charge < -0.3 is 15.8 Å². The Morgan fingerprint density at radius 1 is 1.55 bits per heavy atom. The second-order valence-corrected chi connectivity index (χ2v) is 4.94. The number of anilines is 1. The van der Waals surface area contributed by atoms with Crippen molar-refractivity contribution in [2.75, 3.05) is 25.1 Å². The van der Waals surface area contributed by atoms with E-state index in [1.54, 1.807) is 0 Å². The molecular weight excluding hydrogens is 252 g/mol. The Kier molecular flexibility index (Phi) is 5.16. The highest BCUT2D eigenvalue weighted by Gasteiger charge is 2.22. The van der Waals surface area contributed by atoms with Gasteiger partial charge in [0.2, 0.25) is 5.91 Å². The molecule has 1 heterocycles. The van der Waals surface area contributed by atoms with E-state index in [9.17, 15) is 4.79 Å². The lowest BCUT2D eigenvalue weighted by molar-refractivity contribution is -0.123. The first-order valence-corrected chi connectivity index (χ1v) is 6.89. The first-order valence-electron chi connectivity index (χ1n) is 6.89. The predicted octanol–water partition coefficient (Wildman–Crippen LogP) is 1.67. The third-order valence-electron chi connectivity index (χ3n) is 3.36. The molecule has 0 bridgehead atoms. The zero-order chi connectivity index (χ0) is 14.4. The van der Waals surface area contributed by atoms with Crippen LogP contribution in [0.2, 0.25) is 0 Å². The molecule has 1 amide bonds. The van der Waals surface area contributed by atoms with Gasteiger partial charge in [0, 0.05) is 17.9 Å². The van der Waals surface area contributed by atoms with Crippen LogP contribution < -0.4 is 11.1 Å². The van der Waals surface area contributed by atoms with Crippen molar-refractivity contribution in [2.24, 2.45) is 11.7 Å². The average molecular weight is 272 g/mol. The molecule has 1 aliphatic rings. The van der Waals surface area contributed by atoms with Crippen molar-refractivity contribution < 1.29 is 9.53 Å². The van der Waals surface area contributed by atoms with Crippen molar-refractivity contribution in [2.45, 2.75) is 19.8 Å². The molecule has 1 aromatic carbocycles. The van der Waals surface area contributed by atoms with Crippen LogP contribution in [0.3, 0.4) is 0 Å². The summed E-state index contributed by atoms with van der Waals surface area (Å²) in [7, 11) is 0. The molecule has 2 rings (SSSR count). The summed E-state index contributed by atoms with van der Waals surface area (Å²) in [5, 5.41) is 2.98. The lowest BCUT2D eigenvalue weighted by Crippen LogP contribution is -2.30. The number of aryl methyl sites for hydroxylation is 1. The summed E-state index contributed by atoms with van der Waals surface area (Å²) in [4.78, 5) is 12.2. The Balaban J connectivity index is 2.09. The van der Waals surface area contributed by atoms with Crippen LogP contribution in [0, 0.1) is 24.7 Å². The van der Waals surface area contributed by atoms with E-state index in [1.807, 2.05) is 25.1 Å². The number of nitrogens with one attached hydrogen (secondary N) is 1. The number of nitrogens with two attached hydrogens (primary N) is 1. The third kappa shape index (κ3) is 3.83. The van der Waals surface area contributed by atoms with Gasteiger partial charge in [-0.3, -0.25) is 4.79 Å². The molecule has 0 aliphatic carbocycles. The monoisotopic (exact) mass is 272 g/mol. The molecule has 20 heavy (non-hydrogen) atoms. The first kappa shape index (κ1) is 14.6. The summed E-state index contributed by atoms with van der Waals surface area (Å²) in [5.74, 6) is 5.76. The summed E-state index contributed by atoms with van der Waals surface area (Å²) in [5.41, 5.74) is 8.05. The molecule has 0 radical (unpaired) electrons. The molecule has 1 fully saturated rings. The average Bonchev–Trinajstić information content (AvgIpc) is 2.49. The van der Waals surface area contributed by atoms with Gasteiger partial charge in [-0.2, -0.15) is 0 Å². The van der Waals surface area contributed by atoms with Gasteiger partial charge >= 0.3 is 0 Å². The molecule has 1 atom stereocenters. The van der Waals surface area contributed by atoms with E-state index in [-0.39, 0.29) is 11.8 Å². The standard InChI is InChI=1S/C16H20N2O2/c1-12-6-7-13(4-2-8-17)10-15(12)18-16(19)14-5-3-9-20-11-14/h6-7,10,14H,3,5,8-9,11,17H2,1H3,(H,18,19). The maximum atomic E-state index is 12.2. The number of carbonyl (C=O) groups is 1. The smallest absolute Gasteiger partial charge is 0.229 e. The minimum absolute atomic E-state index is 0.0248. The van der Waals surface area contributed by atoms with Gasteiger partial charge in [0.25, 0.3) is 0 Å². The highest BCUT2D eigenvalue weighted by Crippen LogP contribution is 2.20. The highest BCUT2D eigenvalue weighted by atomic mass is 16.5. The molecule has 0 aromatic heterocycles. The van der Waals surface area contributed by atoms with Crippen molar-refractivity contribution in [3.05, 3.63) is 29.3 Å².